The number of aliphatic hydroxyl groups is 1. The fraction of sp³-hybridized carbons (Fsp3) is 0.741. The van der Waals surface area contributed by atoms with Crippen LogP contribution in [0.1, 0.15) is 71.0 Å². The van der Waals surface area contributed by atoms with Crippen LogP contribution >= 0.6 is 0 Å². The van der Waals surface area contributed by atoms with Crippen molar-refractivity contribution in [3.8, 4) is 5.88 Å². The molecule has 3 aliphatic rings. The Bertz CT molecular complexity index is 1240. The summed E-state index contributed by atoms with van der Waals surface area (Å²) in [6.45, 7) is 6.07. The lowest BCUT2D eigenvalue weighted by atomic mass is 9.75. The number of imidazole rings is 1. The molecular weight excluding hydrogens is 488 g/mol. The number of hydrogen-bond acceptors (Lipinski definition) is 9. The predicted molar refractivity (Wildman–Crippen MR) is 144 cm³/mol. The molecule has 0 aromatic carbocycles. The van der Waals surface area contributed by atoms with E-state index in [1.54, 1.807) is 7.05 Å². The molecule has 2 aliphatic heterocycles. The number of nitrogens with two attached hydrogens (primary N) is 1. The number of H-pyrrole nitrogens is 1. The maximum Gasteiger partial charge on any atom is 0.327 e. The number of aliphatic hydroxyl groups excluding tert-OH is 1. The summed E-state index contributed by atoms with van der Waals surface area (Å²) >= 11 is 0. The van der Waals surface area contributed by atoms with Crippen molar-refractivity contribution in [2.45, 2.75) is 89.2 Å². The second kappa shape index (κ2) is 11.0. The lowest BCUT2D eigenvalue weighted by Crippen LogP contribution is -2.51. The average Bonchev–Trinajstić information content (AvgIpc) is 3.57. The van der Waals surface area contributed by atoms with Gasteiger partial charge in [-0.15, -0.1) is 0 Å². The number of nitrogens with one attached hydrogen (secondary N) is 1. The number of aromatic amines is 1. The first-order chi connectivity index (χ1) is 18.2. The van der Waals surface area contributed by atoms with E-state index in [4.69, 9.17) is 19.9 Å². The Hall–Kier alpha value is -2.47. The van der Waals surface area contributed by atoms with Gasteiger partial charge >= 0.3 is 5.69 Å². The molecule has 1 aliphatic carbocycles. The first-order valence-corrected chi connectivity index (χ1v) is 14.0. The van der Waals surface area contributed by atoms with Crippen LogP contribution in [0.2, 0.25) is 0 Å². The van der Waals surface area contributed by atoms with Gasteiger partial charge in [-0.05, 0) is 58.2 Å². The minimum atomic E-state index is -0.729. The second-order valence-corrected chi connectivity index (χ2v) is 11.2. The van der Waals surface area contributed by atoms with Crippen molar-refractivity contribution < 1.29 is 19.3 Å². The summed E-state index contributed by atoms with van der Waals surface area (Å²) < 4.78 is 20.2. The number of hydrogen-bond donors (Lipinski definition) is 3. The quantitative estimate of drug-likeness (QED) is 0.439. The van der Waals surface area contributed by atoms with Gasteiger partial charge in [0.15, 0.2) is 28.5 Å². The summed E-state index contributed by atoms with van der Waals surface area (Å²) in [7, 11) is 3.73. The fourth-order valence-corrected chi connectivity index (χ4v) is 6.37. The van der Waals surface area contributed by atoms with Crippen molar-refractivity contribution in [1.82, 2.24) is 24.4 Å². The molecule has 4 heterocycles. The molecule has 0 bridgehead atoms. The topological polar surface area (TPSA) is 141 Å². The fourth-order valence-electron chi connectivity index (χ4n) is 6.37. The van der Waals surface area contributed by atoms with Crippen LogP contribution in [-0.2, 0) is 16.5 Å². The molecule has 5 unspecified atom stereocenters. The van der Waals surface area contributed by atoms with Crippen molar-refractivity contribution in [2.24, 2.45) is 18.7 Å². The third-order valence-electron chi connectivity index (χ3n) is 8.49. The van der Waals surface area contributed by atoms with Crippen LogP contribution in [0, 0.1) is 5.92 Å². The van der Waals surface area contributed by atoms with E-state index >= 15 is 0 Å². The Balaban J connectivity index is 1.53. The third kappa shape index (κ3) is 4.97. The molecule has 0 radical (unpaired) electrons. The van der Waals surface area contributed by atoms with Crippen molar-refractivity contribution in [3.05, 3.63) is 21.9 Å². The monoisotopic (exact) mass is 530 g/mol. The lowest BCUT2D eigenvalue weighted by Gasteiger charge is -2.43. The SMILES string of the molecule is CCC/C(=C(/O)c1nc(OCC2CCCN2C)c2c(n1)[nH]c(=O)n2C)C(N)C1CCCCC12OCC(C)O2. The van der Waals surface area contributed by atoms with E-state index in [1.807, 2.05) is 13.8 Å². The molecule has 5 rings (SSSR count). The summed E-state index contributed by atoms with van der Waals surface area (Å²) in [4.78, 5) is 26.7. The van der Waals surface area contributed by atoms with Gasteiger partial charge in [-0.25, -0.2) is 9.78 Å². The normalized spacial score (nSPS) is 29.8. The van der Waals surface area contributed by atoms with E-state index in [0.29, 0.717) is 36.4 Å². The second-order valence-electron chi connectivity index (χ2n) is 11.2. The largest absolute Gasteiger partial charge is 0.504 e. The average molecular weight is 531 g/mol. The summed E-state index contributed by atoms with van der Waals surface area (Å²) in [6.07, 6.45) is 7.22. The number of likely N-dealkylation sites (tertiary alicyclic amines) is 1. The zero-order valence-electron chi connectivity index (χ0n) is 23.0. The Morgan fingerprint density at radius 2 is 2.11 bits per heavy atom. The van der Waals surface area contributed by atoms with E-state index in [-0.39, 0.29) is 41.2 Å². The molecule has 2 aromatic heterocycles. The van der Waals surface area contributed by atoms with E-state index in [0.717, 1.165) is 51.5 Å². The Morgan fingerprint density at radius 3 is 2.79 bits per heavy atom. The standard InChI is InChI=1S/C27H42N6O5/c1-5-9-18(20(28)19-11-6-7-12-27(19)37-14-16(2)38-27)22(34)24-29-23-21(33(4)26(35)31-23)25(30-24)36-15-17-10-8-13-32(17)3/h16-17,19-20,34H,5-15,28H2,1-4H3,(H,29,30,31,35)/b22-18-. The van der Waals surface area contributed by atoms with Gasteiger partial charge in [0.2, 0.25) is 5.88 Å². The number of aryl methyl sites for hydroxylation is 1. The number of ether oxygens (including phenoxy) is 3. The van der Waals surface area contributed by atoms with Crippen molar-refractivity contribution in [1.29, 1.82) is 0 Å². The molecule has 1 spiro atoms. The van der Waals surface area contributed by atoms with Crippen LogP contribution in [-0.4, -0.2) is 80.3 Å². The molecule has 5 atom stereocenters. The molecule has 11 nitrogen and oxygen atoms in total. The first kappa shape index (κ1) is 27.1. The van der Waals surface area contributed by atoms with E-state index in [1.165, 1.54) is 4.57 Å². The Morgan fingerprint density at radius 1 is 1.29 bits per heavy atom. The Kier molecular flexibility index (Phi) is 7.82. The highest BCUT2D eigenvalue weighted by molar-refractivity contribution is 5.78. The van der Waals surface area contributed by atoms with Crippen LogP contribution in [0.25, 0.3) is 16.9 Å². The molecule has 1 saturated carbocycles. The van der Waals surface area contributed by atoms with E-state index in [9.17, 15) is 9.90 Å². The number of nitrogens with zero attached hydrogens (tertiary/aromatic N) is 4. The molecule has 0 amide bonds. The van der Waals surface area contributed by atoms with Gasteiger partial charge in [0.05, 0.1) is 12.7 Å². The van der Waals surface area contributed by atoms with Crippen LogP contribution in [0.5, 0.6) is 5.88 Å². The molecule has 210 valence electrons. The van der Waals surface area contributed by atoms with Gasteiger partial charge in [0, 0.05) is 31.5 Å². The highest BCUT2D eigenvalue weighted by Crippen LogP contribution is 2.45. The van der Waals surface area contributed by atoms with Crippen molar-refractivity contribution in [3.63, 3.8) is 0 Å². The number of fused-ring (bicyclic) bond motifs is 1. The molecule has 2 saturated heterocycles. The summed E-state index contributed by atoms with van der Waals surface area (Å²) in [5.41, 5.74) is 8.06. The smallest absolute Gasteiger partial charge is 0.327 e. The van der Waals surface area contributed by atoms with Crippen molar-refractivity contribution in [2.75, 3.05) is 26.8 Å². The van der Waals surface area contributed by atoms with Crippen LogP contribution in [0.15, 0.2) is 10.4 Å². The van der Waals surface area contributed by atoms with E-state index < -0.39 is 11.8 Å². The summed E-state index contributed by atoms with van der Waals surface area (Å²) in [5, 5.41) is 11.6. The Labute approximate surface area is 223 Å². The third-order valence-corrected chi connectivity index (χ3v) is 8.49. The highest BCUT2D eigenvalue weighted by atomic mass is 16.7. The number of aromatic nitrogens is 4. The predicted octanol–water partition coefficient (Wildman–Crippen LogP) is 2.85. The van der Waals surface area contributed by atoms with Gasteiger partial charge < -0.3 is 30.0 Å². The maximum absolute atomic E-state index is 12.5. The molecule has 4 N–H and O–H groups in total. The zero-order valence-corrected chi connectivity index (χ0v) is 23.0. The maximum atomic E-state index is 12.5. The summed E-state index contributed by atoms with van der Waals surface area (Å²) in [6, 6.07) is -0.227. The molecule has 3 fully saturated rings. The summed E-state index contributed by atoms with van der Waals surface area (Å²) in [5.74, 6) is -0.528. The first-order valence-electron chi connectivity index (χ1n) is 14.0. The van der Waals surface area contributed by atoms with Crippen molar-refractivity contribution >= 4 is 16.9 Å². The minimum absolute atomic E-state index is 0.00858. The number of likely N-dealkylation sites (N-methyl/N-ethyl adjacent to an activating group) is 1. The van der Waals surface area contributed by atoms with Crippen LogP contribution < -0.4 is 16.2 Å². The zero-order chi connectivity index (χ0) is 27.0. The lowest BCUT2D eigenvalue weighted by molar-refractivity contribution is -0.222. The van der Waals surface area contributed by atoms with Gasteiger partial charge in [0.1, 0.15) is 6.61 Å². The van der Waals surface area contributed by atoms with Crippen LogP contribution in [0.4, 0.5) is 0 Å². The van der Waals surface area contributed by atoms with Gasteiger partial charge in [-0.3, -0.25) is 9.55 Å². The van der Waals surface area contributed by atoms with E-state index in [2.05, 4.69) is 26.9 Å². The minimum Gasteiger partial charge on any atom is -0.504 e. The molecule has 38 heavy (non-hydrogen) atoms. The molecular formula is C27H42N6O5. The highest BCUT2D eigenvalue weighted by Gasteiger charge is 2.51. The van der Waals surface area contributed by atoms with Crippen LogP contribution in [0.3, 0.4) is 0 Å². The molecule has 11 heteroatoms. The number of rotatable bonds is 8. The van der Waals surface area contributed by atoms with Gasteiger partial charge in [0.25, 0.3) is 0 Å². The van der Waals surface area contributed by atoms with Gasteiger partial charge in [-0.2, -0.15) is 4.98 Å². The van der Waals surface area contributed by atoms with Gasteiger partial charge in [-0.1, -0.05) is 19.8 Å². The molecule has 2 aromatic rings.